The van der Waals surface area contributed by atoms with Gasteiger partial charge in [-0.1, -0.05) is 12.1 Å². The third kappa shape index (κ3) is 2.25. The molecule has 0 aliphatic rings. The highest BCUT2D eigenvalue weighted by Gasteiger charge is 2.20. The van der Waals surface area contributed by atoms with Crippen molar-refractivity contribution in [3.05, 3.63) is 53.4 Å². The van der Waals surface area contributed by atoms with Crippen LogP contribution in [-0.4, -0.2) is 9.78 Å². The molecule has 1 atom stereocenters. The zero-order valence-electron chi connectivity index (χ0n) is 9.90. The van der Waals surface area contributed by atoms with Crippen molar-refractivity contribution in [1.29, 1.82) is 0 Å². The number of benzene rings is 1. The average molecular weight is 252 g/mol. The lowest BCUT2D eigenvalue weighted by atomic mass is 10.0. The number of nitrogens with zero attached hydrogens (tertiary/aromatic N) is 2. The van der Waals surface area contributed by atoms with Crippen LogP contribution in [0.15, 0.2) is 30.6 Å². The molecule has 0 radical (unpaired) electrons. The van der Waals surface area contributed by atoms with Crippen LogP contribution >= 0.6 is 0 Å². The number of hydrogen-bond donors (Lipinski definition) is 2. The molecular weight excluding hydrogens is 238 g/mol. The molecule has 2 rings (SSSR count). The lowest BCUT2D eigenvalue weighted by Crippen LogP contribution is -2.29. The first kappa shape index (κ1) is 12.7. The maximum Gasteiger partial charge on any atom is 0.163 e. The fraction of sp³-hybridized carbons (Fsp3) is 0.250. The summed E-state index contributed by atoms with van der Waals surface area (Å²) in [5.41, 5.74) is 3.32. The first-order valence-electron chi connectivity index (χ1n) is 5.59. The van der Waals surface area contributed by atoms with Gasteiger partial charge in [-0.3, -0.25) is 10.5 Å². The van der Waals surface area contributed by atoms with Crippen molar-refractivity contribution in [2.75, 3.05) is 0 Å². The summed E-state index contributed by atoms with van der Waals surface area (Å²) in [6.45, 7) is 2.63. The predicted octanol–water partition coefficient (Wildman–Crippen LogP) is 1.73. The molecule has 96 valence electrons. The first-order valence-corrected chi connectivity index (χ1v) is 5.59. The highest BCUT2D eigenvalue weighted by atomic mass is 19.2. The highest BCUT2D eigenvalue weighted by molar-refractivity contribution is 5.30. The summed E-state index contributed by atoms with van der Waals surface area (Å²) in [5.74, 6) is 3.64. The van der Waals surface area contributed by atoms with Gasteiger partial charge in [0, 0.05) is 23.9 Å². The Hall–Kier alpha value is -1.79. The third-order valence-electron chi connectivity index (χ3n) is 2.77. The van der Waals surface area contributed by atoms with Crippen LogP contribution in [-0.2, 0) is 6.54 Å². The second kappa shape index (κ2) is 5.24. The van der Waals surface area contributed by atoms with Gasteiger partial charge in [0.2, 0.25) is 0 Å². The van der Waals surface area contributed by atoms with E-state index < -0.39 is 17.7 Å². The molecule has 0 spiro atoms. The molecule has 1 heterocycles. The number of rotatable bonds is 4. The largest absolute Gasteiger partial charge is 0.273 e. The zero-order valence-corrected chi connectivity index (χ0v) is 9.90. The molecule has 4 nitrogen and oxygen atoms in total. The molecule has 3 N–H and O–H groups in total. The number of hydrazine groups is 1. The van der Waals surface area contributed by atoms with Crippen molar-refractivity contribution >= 4 is 0 Å². The molecule has 0 fully saturated rings. The second-order valence-corrected chi connectivity index (χ2v) is 3.87. The Bertz CT molecular complexity index is 539. The minimum atomic E-state index is -0.898. The maximum absolute atomic E-state index is 13.7. The van der Waals surface area contributed by atoms with Crippen molar-refractivity contribution in [3.63, 3.8) is 0 Å². The summed E-state index contributed by atoms with van der Waals surface area (Å²) >= 11 is 0. The molecule has 0 amide bonds. The van der Waals surface area contributed by atoms with Crippen molar-refractivity contribution in [2.45, 2.75) is 19.5 Å². The number of aromatic nitrogens is 2. The van der Waals surface area contributed by atoms with Crippen LogP contribution in [0.3, 0.4) is 0 Å². The normalized spacial score (nSPS) is 12.7. The van der Waals surface area contributed by atoms with Gasteiger partial charge in [0.05, 0.1) is 12.2 Å². The van der Waals surface area contributed by atoms with Gasteiger partial charge in [-0.15, -0.1) is 0 Å². The molecule has 0 aliphatic carbocycles. The van der Waals surface area contributed by atoms with Gasteiger partial charge >= 0.3 is 0 Å². The first-order chi connectivity index (χ1) is 8.67. The number of halogens is 2. The summed E-state index contributed by atoms with van der Waals surface area (Å²) in [7, 11) is 0. The Morgan fingerprint density at radius 1 is 1.44 bits per heavy atom. The van der Waals surface area contributed by atoms with Crippen LogP contribution in [0.2, 0.25) is 0 Å². The van der Waals surface area contributed by atoms with E-state index in [9.17, 15) is 8.78 Å². The van der Waals surface area contributed by atoms with E-state index in [4.69, 9.17) is 5.84 Å². The number of hydrogen-bond acceptors (Lipinski definition) is 3. The van der Waals surface area contributed by atoms with Gasteiger partial charge in [0.1, 0.15) is 0 Å². The quantitative estimate of drug-likeness (QED) is 0.643. The summed E-state index contributed by atoms with van der Waals surface area (Å²) in [5, 5.41) is 4.09. The van der Waals surface area contributed by atoms with Crippen LogP contribution in [0.4, 0.5) is 8.78 Å². The average Bonchev–Trinajstić information content (AvgIpc) is 2.84. The van der Waals surface area contributed by atoms with E-state index in [1.165, 1.54) is 12.1 Å². The summed E-state index contributed by atoms with van der Waals surface area (Å²) in [6, 6.07) is 3.39. The predicted molar refractivity (Wildman–Crippen MR) is 63.4 cm³/mol. The van der Waals surface area contributed by atoms with E-state index in [-0.39, 0.29) is 5.56 Å². The topological polar surface area (TPSA) is 55.9 Å². The number of nitrogens with two attached hydrogens (primary N) is 1. The molecule has 18 heavy (non-hydrogen) atoms. The van der Waals surface area contributed by atoms with Gasteiger partial charge in [0.25, 0.3) is 0 Å². The van der Waals surface area contributed by atoms with Crippen LogP contribution in [0.25, 0.3) is 0 Å². The molecule has 0 aliphatic heterocycles. The maximum atomic E-state index is 13.7. The monoisotopic (exact) mass is 252 g/mol. The summed E-state index contributed by atoms with van der Waals surface area (Å²) in [4.78, 5) is 0. The smallest absolute Gasteiger partial charge is 0.163 e. The molecule has 0 saturated heterocycles. The molecule has 1 aromatic carbocycles. The lowest BCUT2D eigenvalue weighted by Gasteiger charge is -2.15. The van der Waals surface area contributed by atoms with Crippen LogP contribution in [0, 0.1) is 11.6 Å². The number of aryl methyl sites for hydroxylation is 1. The molecule has 6 heteroatoms. The van der Waals surface area contributed by atoms with E-state index in [0.717, 1.165) is 6.07 Å². The summed E-state index contributed by atoms with van der Waals surface area (Å²) in [6.07, 6.45) is 3.33. The van der Waals surface area contributed by atoms with Crippen molar-refractivity contribution < 1.29 is 8.78 Å². The van der Waals surface area contributed by atoms with E-state index >= 15 is 0 Å². The van der Waals surface area contributed by atoms with Crippen molar-refractivity contribution in [3.8, 4) is 0 Å². The SMILES string of the molecule is CCn1cc(C(NN)c2cccc(F)c2F)cn1. The molecular formula is C12H14F2N4. The van der Waals surface area contributed by atoms with Gasteiger partial charge in [-0.2, -0.15) is 5.10 Å². The molecule has 1 unspecified atom stereocenters. The van der Waals surface area contributed by atoms with Crippen molar-refractivity contribution in [1.82, 2.24) is 15.2 Å². The Kier molecular flexibility index (Phi) is 3.69. The van der Waals surface area contributed by atoms with Crippen LogP contribution < -0.4 is 11.3 Å². The highest BCUT2D eigenvalue weighted by Crippen LogP contribution is 2.24. The van der Waals surface area contributed by atoms with E-state index in [2.05, 4.69) is 10.5 Å². The lowest BCUT2D eigenvalue weighted by molar-refractivity contribution is 0.483. The van der Waals surface area contributed by atoms with Crippen molar-refractivity contribution in [2.24, 2.45) is 5.84 Å². The third-order valence-corrected chi connectivity index (χ3v) is 2.77. The Morgan fingerprint density at radius 2 is 2.22 bits per heavy atom. The van der Waals surface area contributed by atoms with E-state index in [1.54, 1.807) is 17.1 Å². The van der Waals surface area contributed by atoms with E-state index in [0.29, 0.717) is 12.1 Å². The van der Waals surface area contributed by atoms with Crippen LogP contribution in [0.5, 0.6) is 0 Å². The Balaban J connectivity index is 2.41. The van der Waals surface area contributed by atoms with Crippen LogP contribution in [0.1, 0.15) is 24.1 Å². The van der Waals surface area contributed by atoms with Gasteiger partial charge in [0.15, 0.2) is 11.6 Å². The summed E-state index contributed by atoms with van der Waals surface area (Å²) < 4.78 is 28.6. The van der Waals surface area contributed by atoms with Gasteiger partial charge in [-0.25, -0.2) is 14.2 Å². The standard InChI is InChI=1S/C12H14F2N4/c1-2-18-7-8(6-16-18)12(17-15)9-4-3-5-10(13)11(9)14/h3-7,12,17H,2,15H2,1H3. The molecule has 0 bridgehead atoms. The van der Waals surface area contributed by atoms with Gasteiger partial charge < -0.3 is 0 Å². The zero-order chi connectivity index (χ0) is 13.1. The minimum absolute atomic E-state index is 0.160. The minimum Gasteiger partial charge on any atom is -0.273 e. The molecule has 2 aromatic rings. The fourth-order valence-corrected chi connectivity index (χ4v) is 1.81. The van der Waals surface area contributed by atoms with Gasteiger partial charge in [-0.05, 0) is 13.0 Å². The second-order valence-electron chi connectivity index (χ2n) is 3.87. The van der Waals surface area contributed by atoms with E-state index in [1.807, 2.05) is 6.92 Å². The Morgan fingerprint density at radius 3 is 2.83 bits per heavy atom. The number of nitrogens with one attached hydrogen (secondary N) is 1. The Labute approximate surface area is 103 Å². The fourth-order valence-electron chi connectivity index (χ4n) is 1.81. The molecule has 0 saturated carbocycles. The molecule has 1 aromatic heterocycles.